The van der Waals surface area contributed by atoms with Gasteiger partial charge in [0.1, 0.15) is 5.75 Å². The zero-order valence-corrected chi connectivity index (χ0v) is 9.20. The Bertz CT molecular complexity index is 411. The Morgan fingerprint density at radius 2 is 1.93 bits per heavy atom. The van der Waals surface area contributed by atoms with Gasteiger partial charge in [-0.25, -0.2) is 0 Å². The zero-order valence-electron chi connectivity index (χ0n) is 9.20. The molecular formula is C11H15N3O. The van der Waals surface area contributed by atoms with Crippen LogP contribution in [0.25, 0.3) is 0 Å². The Hall–Kier alpha value is -1.84. The number of aromatic hydroxyl groups is 1. The lowest BCUT2D eigenvalue weighted by Crippen LogP contribution is -2.18. The minimum Gasteiger partial charge on any atom is -0.507 e. The van der Waals surface area contributed by atoms with Gasteiger partial charge in [-0.2, -0.15) is 5.10 Å². The van der Waals surface area contributed by atoms with Gasteiger partial charge in [-0.1, -0.05) is 0 Å². The number of benzene rings is 1. The molecular weight excluding hydrogens is 190 g/mol. The van der Waals surface area contributed by atoms with Crippen LogP contribution < -0.4 is 5.43 Å². The predicted octanol–water partition coefficient (Wildman–Crippen LogP) is 1.59. The van der Waals surface area contributed by atoms with Crippen molar-refractivity contribution in [3.63, 3.8) is 0 Å². The maximum Gasteiger partial charge on any atom is 0.152 e. The lowest BCUT2D eigenvalue weighted by molar-refractivity contribution is 0.473. The number of rotatable bonds is 2. The molecule has 15 heavy (non-hydrogen) atoms. The molecule has 4 nitrogen and oxygen atoms in total. The SMILES string of the molecule is C=NNC(=NC)c1cc(C)c(C)cc1O. The third-order valence-electron chi connectivity index (χ3n) is 2.28. The van der Waals surface area contributed by atoms with E-state index in [1.807, 2.05) is 19.9 Å². The largest absolute Gasteiger partial charge is 0.507 e. The summed E-state index contributed by atoms with van der Waals surface area (Å²) in [6.45, 7) is 7.24. The van der Waals surface area contributed by atoms with Gasteiger partial charge in [0.25, 0.3) is 0 Å². The second kappa shape index (κ2) is 4.59. The monoisotopic (exact) mass is 205 g/mol. The number of hydrazone groups is 1. The van der Waals surface area contributed by atoms with Crippen LogP contribution in [-0.4, -0.2) is 24.7 Å². The van der Waals surface area contributed by atoms with Gasteiger partial charge >= 0.3 is 0 Å². The number of nitrogens with one attached hydrogen (secondary N) is 1. The van der Waals surface area contributed by atoms with Gasteiger partial charge in [-0.05, 0) is 37.1 Å². The Morgan fingerprint density at radius 1 is 1.33 bits per heavy atom. The summed E-state index contributed by atoms with van der Waals surface area (Å²) in [6.07, 6.45) is 0. The molecule has 1 aromatic carbocycles. The number of hydrogen-bond acceptors (Lipinski definition) is 3. The smallest absolute Gasteiger partial charge is 0.152 e. The third-order valence-corrected chi connectivity index (χ3v) is 2.28. The van der Waals surface area contributed by atoms with Gasteiger partial charge in [0.15, 0.2) is 5.84 Å². The summed E-state index contributed by atoms with van der Waals surface area (Å²) in [5, 5.41) is 13.3. The van der Waals surface area contributed by atoms with Crippen LogP contribution in [-0.2, 0) is 0 Å². The van der Waals surface area contributed by atoms with Crippen LogP contribution in [0.2, 0.25) is 0 Å². The fourth-order valence-corrected chi connectivity index (χ4v) is 1.30. The van der Waals surface area contributed by atoms with E-state index in [0.717, 1.165) is 11.1 Å². The molecule has 0 aliphatic heterocycles. The summed E-state index contributed by atoms with van der Waals surface area (Å²) >= 11 is 0. The standard InChI is InChI=1S/C11H15N3O/c1-7-5-9(10(15)6-8(7)2)11(12-3)14-13-4/h5-6,15H,4H2,1-3H3,(H,12,14). The average Bonchev–Trinajstić information content (AvgIpc) is 2.20. The number of phenols is 1. The number of aliphatic imine (C=N–C) groups is 1. The van der Waals surface area contributed by atoms with Crippen molar-refractivity contribution in [3.05, 3.63) is 28.8 Å². The minimum absolute atomic E-state index is 0.190. The molecule has 0 fully saturated rings. The summed E-state index contributed by atoms with van der Waals surface area (Å²) in [5.41, 5.74) is 5.40. The molecule has 1 rings (SSSR count). The number of nitrogens with zero attached hydrogens (tertiary/aromatic N) is 2. The van der Waals surface area contributed by atoms with Crippen molar-refractivity contribution >= 4 is 12.6 Å². The van der Waals surface area contributed by atoms with E-state index >= 15 is 0 Å². The van der Waals surface area contributed by atoms with Gasteiger partial charge in [0, 0.05) is 13.8 Å². The highest BCUT2D eigenvalue weighted by atomic mass is 16.3. The highest BCUT2D eigenvalue weighted by Crippen LogP contribution is 2.21. The van der Waals surface area contributed by atoms with Gasteiger partial charge in [-0.15, -0.1) is 0 Å². The van der Waals surface area contributed by atoms with Crippen LogP contribution in [0.4, 0.5) is 0 Å². The number of phenolic OH excluding ortho intramolecular Hbond substituents is 1. The summed E-state index contributed by atoms with van der Waals surface area (Å²) < 4.78 is 0. The van der Waals surface area contributed by atoms with Crippen LogP contribution >= 0.6 is 0 Å². The lowest BCUT2D eigenvalue weighted by atomic mass is 10.0. The summed E-state index contributed by atoms with van der Waals surface area (Å²) in [7, 11) is 1.63. The van der Waals surface area contributed by atoms with E-state index in [1.54, 1.807) is 13.1 Å². The Balaban J connectivity index is 3.24. The third kappa shape index (κ3) is 2.34. The van der Waals surface area contributed by atoms with Crippen LogP contribution in [0.3, 0.4) is 0 Å². The molecule has 0 saturated carbocycles. The van der Waals surface area contributed by atoms with Crippen molar-refractivity contribution in [2.24, 2.45) is 10.1 Å². The second-order valence-corrected chi connectivity index (χ2v) is 3.30. The molecule has 0 aromatic heterocycles. The van der Waals surface area contributed by atoms with Gasteiger partial charge in [-0.3, -0.25) is 10.4 Å². The van der Waals surface area contributed by atoms with Crippen molar-refractivity contribution in [2.75, 3.05) is 7.05 Å². The Kier molecular flexibility index (Phi) is 3.44. The maximum absolute atomic E-state index is 9.76. The Labute approximate surface area is 89.4 Å². The maximum atomic E-state index is 9.76. The fraction of sp³-hybridized carbons (Fsp3) is 0.273. The van der Waals surface area contributed by atoms with E-state index in [9.17, 15) is 5.11 Å². The predicted molar refractivity (Wildman–Crippen MR) is 62.7 cm³/mol. The second-order valence-electron chi connectivity index (χ2n) is 3.30. The molecule has 0 aliphatic rings. The highest BCUT2D eigenvalue weighted by Gasteiger charge is 2.09. The summed E-state index contributed by atoms with van der Waals surface area (Å²) in [6, 6.07) is 3.58. The molecule has 0 aliphatic carbocycles. The summed E-state index contributed by atoms with van der Waals surface area (Å²) in [4.78, 5) is 3.99. The first kappa shape index (κ1) is 11.2. The van der Waals surface area contributed by atoms with Crippen molar-refractivity contribution in [1.29, 1.82) is 0 Å². The van der Waals surface area contributed by atoms with Crippen molar-refractivity contribution in [3.8, 4) is 5.75 Å². The molecule has 0 unspecified atom stereocenters. The molecule has 4 heteroatoms. The van der Waals surface area contributed by atoms with E-state index in [1.165, 1.54) is 0 Å². The van der Waals surface area contributed by atoms with Crippen molar-refractivity contribution in [1.82, 2.24) is 5.43 Å². The number of amidine groups is 1. The van der Waals surface area contributed by atoms with Crippen LogP contribution in [0.5, 0.6) is 5.75 Å². The van der Waals surface area contributed by atoms with E-state index in [-0.39, 0.29) is 5.75 Å². The molecule has 80 valence electrons. The van der Waals surface area contributed by atoms with Gasteiger partial charge in [0.05, 0.1) is 5.56 Å². The van der Waals surface area contributed by atoms with Crippen LogP contribution in [0.1, 0.15) is 16.7 Å². The van der Waals surface area contributed by atoms with Crippen molar-refractivity contribution in [2.45, 2.75) is 13.8 Å². The first-order valence-corrected chi connectivity index (χ1v) is 4.59. The van der Waals surface area contributed by atoms with E-state index < -0.39 is 0 Å². The van der Waals surface area contributed by atoms with Gasteiger partial charge < -0.3 is 5.11 Å². The quantitative estimate of drug-likeness (QED) is 0.437. The first-order chi connectivity index (χ1) is 7.10. The number of hydrogen-bond donors (Lipinski definition) is 2. The molecule has 0 saturated heterocycles. The fourth-order valence-electron chi connectivity index (χ4n) is 1.30. The lowest BCUT2D eigenvalue weighted by Gasteiger charge is -2.09. The molecule has 0 bridgehead atoms. The topological polar surface area (TPSA) is 57.0 Å². The molecule has 0 radical (unpaired) electrons. The van der Waals surface area contributed by atoms with Gasteiger partial charge in [0.2, 0.25) is 0 Å². The van der Waals surface area contributed by atoms with E-state index in [2.05, 4.69) is 22.2 Å². The summed E-state index contributed by atoms with van der Waals surface area (Å²) in [5.74, 6) is 0.695. The first-order valence-electron chi connectivity index (χ1n) is 4.59. The molecule has 0 spiro atoms. The molecule has 0 atom stereocenters. The van der Waals surface area contributed by atoms with E-state index in [0.29, 0.717) is 11.4 Å². The molecule has 0 amide bonds. The van der Waals surface area contributed by atoms with Crippen molar-refractivity contribution < 1.29 is 5.11 Å². The normalized spacial score (nSPS) is 11.3. The van der Waals surface area contributed by atoms with E-state index in [4.69, 9.17) is 0 Å². The average molecular weight is 205 g/mol. The molecule has 2 N–H and O–H groups in total. The molecule has 0 heterocycles. The molecule has 1 aromatic rings. The Morgan fingerprint density at radius 3 is 2.47 bits per heavy atom. The van der Waals surface area contributed by atoms with Crippen LogP contribution in [0.15, 0.2) is 22.2 Å². The zero-order chi connectivity index (χ0) is 11.4. The van der Waals surface area contributed by atoms with Crippen LogP contribution in [0, 0.1) is 13.8 Å². The highest BCUT2D eigenvalue weighted by molar-refractivity contribution is 6.01. The minimum atomic E-state index is 0.190. The number of aryl methyl sites for hydroxylation is 2.